The predicted octanol–water partition coefficient (Wildman–Crippen LogP) is -0.680. The average Bonchev–Trinajstić information content (AvgIpc) is 2.93. The fourth-order valence-corrected chi connectivity index (χ4v) is 2.72. The topological polar surface area (TPSA) is 143 Å². The number of esters is 1. The zero-order chi connectivity index (χ0) is 19.4. The number of nitrogens with two attached hydrogens (primary N) is 1. The summed E-state index contributed by atoms with van der Waals surface area (Å²) in [7, 11) is 1.37. The highest BCUT2D eigenvalue weighted by molar-refractivity contribution is 5.81. The van der Waals surface area contributed by atoms with Gasteiger partial charge in [0.2, 0.25) is 0 Å². The van der Waals surface area contributed by atoms with Crippen LogP contribution in [0, 0.1) is 6.92 Å². The molecule has 144 valence electrons. The summed E-state index contributed by atoms with van der Waals surface area (Å²) >= 11 is 0. The van der Waals surface area contributed by atoms with Crippen LogP contribution in [0.1, 0.15) is 31.6 Å². The number of carbonyl (C=O) groups is 2. The molecule has 0 aromatic carbocycles. The van der Waals surface area contributed by atoms with Crippen LogP contribution in [0.5, 0.6) is 0 Å². The smallest absolute Gasteiger partial charge is 0.351 e. The molecule has 0 amide bonds. The number of aryl methyl sites for hydroxylation is 1. The van der Waals surface area contributed by atoms with E-state index in [1.54, 1.807) is 6.92 Å². The lowest BCUT2D eigenvalue weighted by molar-refractivity contribution is -0.158. The Morgan fingerprint density at radius 2 is 2.08 bits per heavy atom. The second-order valence-corrected chi connectivity index (χ2v) is 6.10. The van der Waals surface area contributed by atoms with Crippen molar-refractivity contribution < 1.29 is 28.9 Å². The minimum Gasteiger partial charge on any atom is -0.456 e. The molecule has 1 aromatic rings. The summed E-state index contributed by atoms with van der Waals surface area (Å²) in [6.07, 6.45) is -2.21. The molecule has 10 heteroatoms. The Hall–Kier alpha value is -2.30. The first kappa shape index (κ1) is 20.0. The molecule has 10 nitrogen and oxygen atoms in total. The van der Waals surface area contributed by atoms with E-state index in [0.717, 1.165) is 0 Å². The highest BCUT2D eigenvalue weighted by Gasteiger charge is 2.48. The maximum atomic E-state index is 12.2. The molecule has 0 radical (unpaired) electrons. The van der Waals surface area contributed by atoms with Gasteiger partial charge < -0.3 is 29.8 Å². The molecule has 0 unspecified atom stereocenters. The molecule has 2 rings (SSSR count). The number of hydrogen-bond acceptors (Lipinski definition) is 9. The van der Waals surface area contributed by atoms with E-state index in [-0.39, 0.29) is 24.4 Å². The lowest BCUT2D eigenvalue weighted by Gasteiger charge is -2.23. The summed E-state index contributed by atoms with van der Waals surface area (Å²) in [4.78, 5) is 38.9. The van der Waals surface area contributed by atoms with E-state index >= 15 is 0 Å². The normalized spacial score (nSPS) is 25.2. The molecule has 0 saturated carbocycles. The van der Waals surface area contributed by atoms with E-state index in [1.807, 2.05) is 0 Å². The number of ether oxygens (including phenoxy) is 3. The Morgan fingerprint density at radius 1 is 1.38 bits per heavy atom. The lowest BCUT2D eigenvalue weighted by atomic mass is 10.1. The molecule has 1 aliphatic rings. The van der Waals surface area contributed by atoms with Crippen molar-refractivity contribution in [1.29, 1.82) is 0 Å². The number of rotatable bonds is 7. The van der Waals surface area contributed by atoms with Crippen LogP contribution in [0.4, 0.5) is 5.82 Å². The number of methoxy groups -OCH3 is 1. The third kappa shape index (κ3) is 4.26. The Labute approximate surface area is 149 Å². The number of nitrogen functional groups attached to an aromatic ring is 1. The molecule has 0 bridgehead atoms. The highest BCUT2D eigenvalue weighted by Crippen LogP contribution is 2.33. The van der Waals surface area contributed by atoms with E-state index in [2.05, 4.69) is 4.98 Å². The van der Waals surface area contributed by atoms with E-state index in [1.165, 1.54) is 24.8 Å². The maximum Gasteiger partial charge on any atom is 0.351 e. The third-order valence-corrected chi connectivity index (χ3v) is 4.13. The molecule has 3 N–H and O–H groups in total. The van der Waals surface area contributed by atoms with Crippen molar-refractivity contribution in [1.82, 2.24) is 9.55 Å². The van der Waals surface area contributed by atoms with Gasteiger partial charge in [-0.1, -0.05) is 0 Å². The first-order chi connectivity index (χ1) is 12.3. The summed E-state index contributed by atoms with van der Waals surface area (Å²) in [5, 5.41) is 9.56. The average molecular weight is 369 g/mol. The van der Waals surface area contributed by atoms with Crippen molar-refractivity contribution >= 4 is 17.6 Å². The van der Waals surface area contributed by atoms with Gasteiger partial charge >= 0.3 is 11.7 Å². The van der Waals surface area contributed by atoms with Crippen molar-refractivity contribution in [3.63, 3.8) is 0 Å². The Bertz CT molecular complexity index is 733. The van der Waals surface area contributed by atoms with Crippen molar-refractivity contribution in [2.75, 3.05) is 19.5 Å². The van der Waals surface area contributed by atoms with Gasteiger partial charge in [-0.05, 0) is 13.8 Å². The second-order valence-electron chi connectivity index (χ2n) is 6.10. The summed E-state index contributed by atoms with van der Waals surface area (Å²) in [5.41, 5.74) is 5.53. The van der Waals surface area contributed by atoms with Gasteiger partial charge in [0, 0.05) is 25.3 Å². The molecule has 2 heterocycles. The SMILES string of the molecule is CO[C@@H]1[C@H](OC(=O)CCC(C)=O)[C@@H](CO)O[C@H]1n1cc(C)c(N)nc1=O. The summed E-state index contributed by atoms with van der Waals surface area (Å²) in [6, 6.07) is 0. The van der Waals surface area contributed by atoms with Crippen molar-refractivity contribution in [3.8, 4) is 0 Å². The monoisotopic (exact) mass is 369 g/mol. The number of aromatic nitrogens is 2. The van der Waals surface area contributed by atoms with Crippen LogP contribution in [0.3, 0.4) is 0 Å². The van der Waals surface area contributed by atoms with Crippen LogP contribution >= 0.6 is 0 Å². The second kappa shape index (κ2) is 8.39. The van der Waals surface area contributed by atoms with Crippen LogP contribution in [-0.4, -0.2) is 58.4 Å². The number of ketones is 1. The predicted molar refractivity (Wildman–Crippen MR) is 89.2 cm³/mol. The van der Waals surface area contributed by atoms with Crippen LogP contribution in [0.25, 0.3) is 0 Å². The molecule has 4 atom stereocenters. The molecule has 0 spiro atoms. The zero-order valence-electron chi connectivity index (χ0n) is 14.9. The molecule has 26 heavy (non-hydrogen) atoms. The lowest BCUT2D eigenvalue weighted by Crippen LogP contribution is -2.40. The van der Waals surface area contributed by atoms with Crippen molar-refractivity contribution in [2.45, 2.75) is 51.2 Å². The molecule has 1 aromatic heterocycles. The van der Waals surface area contributed by atoms with Gasteiger partial charge in [-0.15, -0.1) is 0 Å². The number of hydrogen-bond donors (Lipinski definition) is 2. The molecule has 0 aliphatic carbocycles. The molecular weight excluding hydrogens is 346 g/mol. The fourth-order valence-electron chi connectivity index (χ4n) is 2.72. The minimum atomic E-state index is -0.956. The molecule has 1 fully saturated rings. The molecular formula is C16H23N3O7. The standard InChI is InChI=1S/C16H23N3O7/c1-8-6-19(16(23)18-14(8)17)15-13(24-3)12(10(7-20)25-15)26-11(22)5-4-9(2)21/h6,10,12-13,15,20H,4-5,7H2,1-3H3,(H2,17,18,23)/t10-,12-,13-,15-/m1/s1. The van der Waals surface area contributed by atoms with Crippen LogP contribution in [0.2, 0.25) is 0 Å². The van der Waals surface area contributed by atoms with E-state index in [0.29, 0.717) is 5.56 Å². The van der Waals surface area contributed by atoms with Gasteiger partial charge in [0.25, 0.3) is 0 Å². The van der Waals surface area contributed by atoms with Gasteiger partial charge in [-0.25, -0.2) is 4.79 Å². The highest BCUT2D eigenvalue weighted by atomic mass is 16.6. The number of anilines is 1. The number of Topliss-reactive ketones (excluding diaryl/α,β-unsaturated/α-hetero) is 1. The first-order valence-corrected chi connectivity index (χ1v) is 8.11. The number of aliphatic hydroxyl groups is 1. The summed E-state index contributed by atoms with van der Waals surface area (Å²) < 4.78 is 17.6. The van der Waals surface area contributed by atoms with E-state index in [4.69, 9.17) is 19.9 Å². The quantitative estimate of drug-likeness (QED) is 0.597. The third-order valence-electron chi connectivity index (χ3n) is 4.13. The van der Waals surface area contributed by atoms with Gasteiger partial charge in [-0.2, -0.15) is 4.98 Å². The van der Waals surface area contributed by atoms with Gasteiger partial charge in [0.05, 0.1) is 13.0 Å². The van der Waals surface area contributed by atoms with Gasteiger partial charge in [0.1, 0.15) is 23.8 Å². The molecule has 1 saturated heterocycles. The van der Waals surface area contributed by atoms with Crippen LogP contribution in [-0.2, 0) is 23.8 Å². The van der Waals surface area contributed by atoms with E-state index < -0.39 is 42.8 Å². The Kier molecular flexibility index (Phi) is 6.46. The maximum absolute atomic E-state index is 12.2. The summed E-state index contributed by atoms with van der Waals surface area (Å²) in [6.45, 7) is 2.61. The Morgan fingerprint density at radius 3 is 2.65 bits per heavy atom. The van der Waals surface area contributed by atoms with Gasteiger partial charge in [-0.3, -0.25) is 9.36 Å². The number of nitrogens with zero attached hydrogens (tertiary/aromatic N) is 2. The largest absolute Gasteiger partial charge is 0.456 e. The first-order valence-electron chi connectivity index (χ1n) is 8.11. The number of aliphatic hydroxyl groups excluding tert-OH is 1. The van der Waals surface area contributed by atoms with Crippen LogP contribution < -0.4 is 11.4 Å². The van der Waals surface area contributed by atoms with E-state index in [9.17, 15) is 19.5 Å². The van der Waals surface area contributed by atoms with Gasteiger partial charge in [0.15, 0.2) is 12.3 Å². The number of carbonyl (C=O) groups excluding carboxylic acids is 2. The molecule has 1 aliphatic heterocycles. The minimum absolute atomic E-state index is 0.0534. The fraction of sp³-hybridized carbons (Fsp3) is 0.625. The van der Waals surface area contributed by atoms with Crippen molar-refractivity contribution in [3.05, 3.63) is 22.2 Å². The van der Waals surface area contributed by atoms with Crippen LogP contribution in [0.15, 0.2) is 11.0 Å². The van der Waals surface area contributed by atoms with Crippen molar-refractivity contribution in [2.24, 2.45) is 0 Å². The zero-order valence-corrected chi connectivity index (χ0v) is 14.9. The Balaban J connectivity index is 2.25. The summed E-state index contributed by atoms with van der Waals surface area (Å²) in [5.74, 6) is -0.655.